The van der Waals surface area contributed by atoms with Gasteiger partial charge in [-0.1, -0.05) is 30.7 Å². The lowest BCUT2D eigenvalue weighted by Crippen LogP contribution is -2.42. The third-order valence-corrected chi connectivity index (χ3v) is 4.88. The highest BCUT2D eigenvalue weighted by molar-refractivity contribution is 6.30. The molecule has 1 fully saturated rings. The molecule has 1 aliphatic rings. The fourth-order valence-corrected chi connectivity index (χ4v) is 3.36. The first kappa shape index (κ1) is 20.3. The van der Waals surface area contributed by atoms with Gasteiger partial charge in [-0.2, -0.15) is 0 Å². The van der Waals surface area contributed by atoms with Crippen molar-refractivity contribution in [2.75, 3.05) is 13.1 Å². The highest BCUT2D eigenvalue weighted by Crippen LogP contribution is 2.25. The molecule has 23 heavy (non-hydrogen) atoms. The van der Waals surface area contributed by atoms with E-state index in [2.05, 4.69) is 17.6 Å². The standard InChI is InChI=1S/C18H27ClN2O.ClH/c1-13(14-6-5-9-20-12-14)10-17(22)21-18(2,3)15-7-4-8-16(19)11-15;/h4,7-8,11,13-14,20H,5-6,9-10,12H2,1-3H3,(H,21,22);1H. The largest absolute Gasteiger partial charge is 0.347 e. The number of hydrogen-bond acceptors (Lipinski definition) is 2. The maximum absolute atomic E-state index is 12.4. The van der Waals surface area contributed by atoms with Crippen molar-refractivity contribution in [1.29, 1.82) is 0 Å². The van der Waals surface area contributed by atoms with E-state index < -0.39 is 5.54 Å². The Labute approximate surface area is 151 Å². The quantitative estimate of drug-likeness (QED) is 0.830. The van der Waals surface area contributed by atoms with E-state index in [-0.39, 0.29) is 18.3 Å². The second kappa shape index (κ2) is 8.91. The van der Waals surface area contributed by atoms with Crippen molar-refractivity contribution in [3.8, 4) is 0 Å². The van der Waals surface area contributed by atoms with Gasteiger partial charge in [0.25, 0.3) is 0 Å². The summed E-state index contributed by atoms with van der Waals surface area (Å²) >= 11 is 6.05. The second-order valence-corrected chi connectivity index (χ2v) is 7.41. The van der Waals surface area contributed by atoms with Crippen LogP contribution in [0.2, 0.25) is 5.02 Å². The number of benzene rings is 1. The smallest absolute Gasteiger partial charge is 0.220 e. The van der Waals surface area contributed by atoms with Crippen LogP contribution in [0.4, 0.5) is 0 Å². The van der Waals surface area contributed by atoms with Gasteiger partial charge in [0, 0.05) is 11.4 Å². The van der Waals surface area contributed by atoms with E-state index in [1.165, 1.54) is 12.8 Å². The predicted octanol–water partition coefficient (Wildman–Crippen LogP) is 4.14. The van der Waals surface area contributed by atoms with Gasteiger partial charge in [0.1, 0.15) is 0 Å². The first-order chi connectivity index (χ1) is 10.4. The zero-order valence-electron chi connectivity index (χ0n) is 14.2. The molecule has 0 aliphatic carbocycles. The lowest BCUT2D eigenvalue weighted by Gasteiger charge is -2.31. The Hall–Kier alpha value is -0.770. The molecule has 130 valence electrons. The molecule has 0 bridgehead atoms. The Morgan fingerprint density at radius 2 is 2.22 bits per heavy atom. The highest BCUT2D eigenvalue weighted by atomic mass is 35.5. The van der Waals surface area contributed by atoms with E-state index in [0.717, 1.165) is 18.7 Å². The molecule has 1 saturated heterocycles. The molecule has 3 nitrogen and oxygen atoms in total. The lowest BCUT2D eigenvalue weighted by atomic mass is 9.85. The normalized spacial score (nSPS) is 19.6. The van der Waals surface area contributed by atoms with Gasteiger partial charge in [0.05, 0.1) is 5.54 Å². The van der Waals surface area contributed by atoms with Crippen LogP contribution in [0.5, 0.6) is 0 Å². The van der Waals surface area contributed by atoms with Gasteiger partial charge in [0.2, 0.25) is 5.91 Å². The van der Waals surface area contributed by atoms with Crippen LogP contribution in [-0.4, -0.2) is 19.0 Å². The monoisotopic (exact) mass is 358 g/mol. The Morgan fingerprint density at radius 3 is 2.83 bits per heavy atom. The molecule has 1 aromatic rings. The molecule has 2 unspecified atom stereocenters. The van der Waals surface area contributed by atoms with E-state index in [4.69, 9.17) is 11.6 Å². The SMILES string of the molecule is CC(CC(=O)NC(C)(C)c1cccc(Cl)c1)C1CCCNC1.Cl. The molecule has 2 atom stereocenters. The molecule has 1 aliphatic heterocycles. The van der Waals surface area contributed by atoms with Crippen LogP contribution < -0.4 is 10.6 Å². The zero-order chi connectivity index (χ0) is 16.2. The summed E-state index contributed by atoms with van der Waals surface area (Å²) in [6.07, 6.45) is 3.01. The average molecular weight is 359 g/mol. The number of nitrogens with one attached hydrogen (secondary N) is 2. The molecule has 5 heteroatoms. The summed E-state index contributed by atoms with van der Waals surface area (Å²) in [4.78, 5) is 12.4. The molecule has 0 spiro atoms. The van der Waals surface area contributed by atoms with Gasteiger partial charge in [-0.05, 0) is 69.3 Å². The third-order valence-electron chi connectivity index (χ3n) is 4.65. The summed E-state index contributed by atoms with van der Waals surface area (Å²) in [5.74, 6) is 1.12. The summed E-state index contributed by atoms with van der Waals surface area (Å²) < 4.78 is 0. The molecule has 1 heterocycles. The van der Waals surface area contributed by atoms with Gasteiger partial charge in [-0.3, -0.25) is 4.79 Å². The van der Waals surface area contributed by atoms with Gasteiger partial charge in [-0.25, -0.2) is 0 Å². The number of amides is 1. The second-order valence-electron chi connectivity index (χ2n) is 6.97. The lowest BCUT2D eigenvalue weighted by molar-refractivity contribution is -0.124. The fourth-order valence-electron chi connectivity index (χ4n) is 3.17. The van der Waals surface area contributed by atoms with Crippen LogP contribution in [-0.2, 0) is 10.3 Å². The summed E-state index contributed by atoms with van der Waals surface area (Å²) in [5.41, 5.74) is 0.618. The summed E-state index contributed by atoms with van der Waals surface area (Å²) in [6.45, 7) is 8.36. The fraction of sp³-hybridized carbons (Fsp3) is 0.611. The van der Waals surface area contributed by atoms with Crippen molar-refractivity contribution < 1.29 is 4.79 Å². The molecule has 1 amide bonds. The first-order valence-electron chi connectivity index (χ1n) is 8.16. The topological polar surface area (TPSA) is 41.1 Å². The van der Waals surface area contributed by atoms with Crippen molar-refractivity contribution in [2.24, 2.45) is 11.8 Å². The van der Waals surface area contributed by atoms with E-state index in [0.29, 0.717) is 23.3 Å². The van der Waals surface area contributed by atoms with Crippen molar-refractivity contribution in [3.63, 3.8) is 0 Å². The summed E-state index contributed by atoms with van der Waals surface area (Å²) in [7, 11) is 0. The summed E-state index contributed by atoms with van der Waals surface area (Å²) in [6, 6.07) is 7.68. The average Bonchev–Trinajstić information content (AvgIpc) is 2.47. The molecular formula is C18H28Cl2N2O. The van der Waals surface area contributed by atoms with E-state index in [9.17, 15) is 4.79 Å². The predicted molar refractivity (Wildman–Crippen MR) is 99.2 cm³/mol. The minimum atomic E-state index is -0.410. The maximum Gasteiger partial charge on any atom is 0.220 e. The first-order valence-corrected chi connectivity index (χ1v) is 8.54. The molecule has 2 rings (SSSR count). The maximum atomic E-state index is 12.4. The molecule has 0 aromatic heterocycles. The molecule has 1 aromatic carbocycles. The van der Waals surface area contributed by atoms with E-state index in [1.807, 2.05) is 38.1 Å². The van der Waals surface area contributed by atoms with E-state index in [1.54, 1.807) is 0 Å². The molecule has 2 N–H and O–H groups in total. The van der Waals surface area contributed by atoms with Gasteiger partial charge >= 0.3 is 0 Å². The Bertz CT molecular complexity index is 513. The number of carbonyl (C=O) groups excluding carboxylic acids is 1. The van der Waals surface area contributed by atoms with Crippen molar-refractivity contribution in [3.05, 3.63) is 34.9 Å². The minimum Gasteiger partial charge on any atom is -0.347 e. The molecule has 0 radical (unpaired) electrons. The van der Waals surface area contributed by atoms with Gasteiger partial charge < -0.3 is 10.6 Å². The third kappa shape index (κ3) is 5.98. The van der Waals surface area contributed by atoms with Crippen LogP contribution in [0.3, 0.4) is 0 Å². The number of piperidine rings is 1. The Kier molecular flexibility index (Phi) is 7.85. The number of rotatable bonds is 5. The van der Waals surface area contributed by atoms with Crippen LogP contribution in [0.1, 0.15) is 45.6 Å². The van der Waals surface area contributed by atoms with Crippen molar-refractivity contribution in [2.45, 2.75) is 45.6 Å². The van der Waals surface area contributed by atoms with Crippen LogP contribution in [0, 0.1) is 11.8 Å². The van der Waals surface area contributed by atoms with Gasteiger partial charge in [0.15, 0.2) is 0 Å². The number of hydrogen-bond donors (Lipinski definition) is 2. The van der Waals surface area contributed by atoms with Crippen LogP contribution >= 0.6 is 24.0 Å². The Morgan fingerprint density at radius 1 is 1.48 bits per heavy atom. The summed E-state index contributed by atoms with van der Waals surface area (Å²) in [5, 5.41) is 7.27. The highest BCUT2D eigenvalue weighted by Gasteiger charge is 2.26. The Balaban J connectivity index is 0.00000264. The molecular weight excluding hydrogens is 331 g/mol. The van der Waals surface area contributed by atoms with Crippen LogP contribution in [0.15, 0.2) is 24.3 Å². The minimum absolute atomic E-state index is 0. The van der Waals surface area contributed by atoms with Gasteiger partial charge in [-0.15, -0.1) is 12.4 Å². The molecule has 0 saturated carbocycles. The number of carbonyl (C=O) groups is 1. The zero-order valence-corrected chi connectivity index (χ0v) is 15.8. The van der Waals surface area contributed by atoms with Crippen LogP contribution in [0.25, 0.3) is 0 Å². The van der Waals surface area contributed by atoms with Crippen molar-refractivity contribution >= 4 is 29.9 Å². The number of halogens is 2. The van der Waals surface area contributed by atoms with E-state index >= 15 is 0 Å². The van der Waals surface area contributed by atoms with Crippen molar-refractivity contribution in [1.82, 2.24) is 10.6 Å².